The van der Waals surface area contributed by atoms with Crippen LogP contribution in [0.2, 0.25) is 0 Å². The van der Waals surface area contributed by atoms with Crippen LogP contribution in [-0.2, 0) is 11.3 Å². The van der Waals surface area contributed by atoms with Crippen LogP contribution in [0.4, 0.5) is 13.2 Å². The van der Waals surface area contributed by atoms with E-state index in [2.05, 4.69) is 10.3 Å². The summed E-state index contributed by atoms with van der Waals surface area (Å²) < 4.78 is 47.6. The highest BCUT2D eigenvalue weighted by Crippen LogP contribution is 2.51. The normalized spacial score (nSPS) is 28.3. The third-order valence-corrected chi connectivity index (χ3v) is 6.57. The maximum atomic E-state index is 13.3. The standard InChI is InChI=1S/C21H29F3N4O/c1-14-10-17(13-29-12-16-4-3-9-25-16)28-19(26-14)11-18(27-28)15-5-7-20(2,8-6-15)21(22,23)24/h10-11,15-16,25H,3-9,12-13H2,1-2H3. The molecule has 2 aromatic rings. The number of halogens is 3. The lowest BCUT2D eigenvalue weighted by atomic mass is 9.70. The zero-order valence-corrected chi connectivity index (χ0v) is 17.1. The number of alkyl halides is 3. The lowest BCUT2D eigenvalue weighted by Gasteiger charge is -2.38. The van der Waals surface area contributed by atoms with Crippen molar-refractivity contribution in [1.82, 2.24) is 19.9 Å². The van der Waals surface area contributed by atoms with Crippen molar-refractivity contribution in [2.45, 2.75) is 77.1 Å². The Labute approximate surface area is 169 Å². The van der Waals surface area contributed by atoms with E-state index in [0.717, 1.165) is 35.7 Å². The Morgan fingerprint density at radius 3 is 2.66 bits per heavy atom. The molecule has 1 N–H and O–H groups in total. The maximum Gasteiger partial charge on any atom is 0.394 e. The zero-order valence-electron chi connectivity index (χ0n) is 17.1. The van der Waals surface area contributed by atoms with Crippen molar-refractivity contribution in [3.63, 3.8) is 0 Å². The fraction of sp³-hybridized carbons (Fsp3) is 0.714. The molecule has 1 aliphatic carbocycles. The summed E-state index contributed by atoms with van der Waals surface area (Å²) in [6.45, 7) is 5.42. The summed E-state index contributed by atoms with van der Waals surface area (Å²) in [6, 6.07) is 4.30. The maximum absolute atomic E-state index is 13.3. The fourth-order valence-corrected chi connectivity index (χ4v) is 4.54. The van der Waals surface area contributed by atoms with E-state index < -0.39 is 11.6 Å². The molecule has 5 nitrogen and oxygen atoms in total. The lowest BCUT2D eigenvalue weighted by Crippen LogP contribution is -2.38. The van der Waals surface area contributed by atoms with Gasteiger partial charge in [-0.15, -0.1) is 0 Å². The Morgan fingerprint density at radius 2 is 2.00 bits per heavy atom. The summed E-state index contributed by atoms with van der Waals surface area (Å²) in [4.78, 5) is 4.56. The first kappa shape index (κ1) is 20.6. The number of aromatic nitrogens is 3. The summed E-state index contributed by atoms with van der Waals surface area (Å²) in [5, 5.41) is 8.13. The van der Waals surface area contributed by atoms with Crippen molar-refractivity contribution in [1.29, 1.82) is 0 Å². The second-order valence-electron chi connectivity index (χ2n) is 8.87. The number of hydrogen-bond donors (Lipinski definition) is 1. The van der Waals surface area contributed by atoms with Crippen LogP contribution in [0, 0.1) is 12.3 Å². The van der Waals surface area contributed by atoms with Crippen molar-refractivity contribution < 1.29 is 17.9 Å². The van der Waals surface area contributed by atoms with Gasteiger partial charge >= 0.3 is 6.18 Å². The molecular formula is C21H29F3N4O. The molecule has 2 aliphatic rings. The molecule has 4 rings (SSSR count). The Bertz CT molecular complexity index is 849. The number of fused-ring (bicyclic) bond motifs is 1. The van der Waals surface area contributed by atoms with Crippen molar-refractivity contribution in [2.24, 2.45) is 5.41 Å². The van der Waals surface area contributed by atoms with Gasteiger partial charge < -0.3 is 10.1 Å². The van der Waals surface area contributed by atoms with Crippen molar-refractivity contribution >= 4 is 5.65 Å². The topological polar surface area (TPSA) is 51.5 Å². The van der Waals surface area contributed by atoms with Crippen molar-refractivity contribution in [2.75, 3.05) is 13.2 Å². The minimum absolute atomic E-state index is 0.0453. The first-order chi connectivity index (χ1) is 13.7. The lowest BCUT2D eigenvalue weighted by molar-refractivity contribution is -0.228. The smallest absolute Gasteiger partial charge is 0.374 e. The van der Waals surface area contributed by atoms with Crippen molar-refractivity contribution in [3.05, 3.63) is 29.2 Å². The van der Waals surface area contributed by atoms with Crippen LogP contribution in [0.15, 0.2) is 12.1 Å². The van der Waals surface area contributed by atoms with Gasteiger partial charge in [0.25, 0.3) is 0 Å². The second kappa shape index (κ2) is 7.87. The Kier molecular flexibility index (Phi) is 5.59. The van der Waals surface area contributed by atoms with Gasteiger partial charge in [-0.2, -0.15) is 18.3 Å². The van der Waals surface area contributed by atoms with E-state index in [1.807, 2.05) is 19.1 Å². The SMILES string of the molecule is Cc1cc(COCC2CCCN2)n2nc(C3CCC(C)(C(F)(F)F)CC3)cc2n1. The van der Waals surface area contributed by atoms with Gasteiger partial charge in [0.05, 0.1) is 30.0 Å². The van der Waals surface area contributed by atoms with Crippen LogP contribution in [0.5, 0.6) is 0 Å². The first-order valence-corrected chi connectivity index (χ1v) is 10.5. The van der Waals surface area contributed by atoms with E-state index in [-0.39, 0.29) is 18.8 Å². The number of nitrogens with zero attached hydrogens (tertiary/aromatic N) is 3. The molecular weight excluding hydrogens is 381 g/mol. The molecule has 2 aromatic heterocycles. The van der Waals surface area contributed by atoms with E-state index in [4.69, 9.17) is 9.84 Å². The number of rotatable bonds is 5. The fourth-order valence-electron chi connectivity index (χ4n) is 4.54. The largest absolute Gasteiger partial charge is 0.394 e. The molecule has 1 atom stereocenters. The predicted molar refractivity (Wildman–Crippen MR) is 104 cm³/mol. The van der Waals surface area contributed by atoms with Crippen LogP contribution >= 0.6 is 0 Å². The summed E-state index contributed by atoms with van der Waals surface area (Å²) in [6.07, 6.45) is -0.540. The molecule has 2 fully saturated rings. The monoisotopic (exact) mass is 410 g/mol. The molecule has 29 heavy (non-hydrogen) atoms. The van der Waals surface area contributed by atoms with Gasteiger partial charge in [0, 0.05) is 23.7 Å². The number of nitrogens with one attached hydrogen (secondary N) is 1. The number of hydrogen-bond acceptors (Lipinski definition) is 4. The molecule has 0 spiro atoms. The molecule has 1 saturated heterocycles. The van der Waals surface area contributed by atoms with Gasteiger partial charge in [-0.05, 0) is 58.1 Å². The van der Waals surface area contributed by atoms with Crippen LogP contribution < -0.4 is 5.32 Å². The molecule has 0 aromatic carbocycles. The highest BCUT2D eigenvalue weighted by molar-refractivity contribution is 5.42. The van der Waals surface area contributed by atoms with Crippen molar-refractivity contribution in [3.8, 4) is 0 Å². The third-order valence-electron chi connectivity index (χ3n) is 6.57. The third kappa shape index (κ3) is 4.28. The minimum Gasteiger partial charge on any atom is -0.374 e. The van der Waals surface area contributed by atoms with Gasteiger partial charge in [0.1, 0.15) is 0 Å². The van der Waals surface area contributed by atoms with Gasteiger partial charge in [-0.25, -0.2) is 9.50 Å². The minimum atomic E-state index is -4.14. The molecule has 1 unspecified atom stereocenters. The molecule has 0 amide bonds. The van der Waals surface area contributed by atoms with Gasteiger partial charge in [-0.1, -0.05) is 6.92 Å². The quantitative estimate of drug-likeness (QED) is 0.787. The summed E-state index contributed by atoms with van der Waals surface area (Å²) in [5.74, 6) is 0.0453. The molecule has 8 heteroatoms. The average molecular weight is 410 g/mol. The first-order valence-electron chi connectivity index (χ1n) is 10.5. The molecule has 1 aliphatic heterocycles. The number of ether oxygens (including phenoxy) is 1. The summed E-state index contributed by atoms with van der Waals surface area (Å²) >= 11 is 0. The molecule has 0 bridgehead atoms. The van der Waals surface area contributed by atoms with E-state index in [1.165, 1.54) is 13.3 Å². The molecule has 0 radical (unpaired) electrons. The molecule has 3 heterocycles. The highest BCUT2D eigenvalue weighted by atomic mass is 19.4. The zero-order chi connectivity index (χ0) is 20.6. The van der Waals surface area contributed by atoms with E-state index >= 15 is 0 Å². The van der Waals surface area contributed by atoms with E-state index in [1.54, 1.807) is 4.52 Å². The predicted octanol–water partition coefficient (Wildman–Crippen LogP) is 4.53. The van der Waals surface area contributed by atoms with Crippen LogP contribution in [0.25, 0.3) is 5.65 Å². The summed E-state index contributed by atoms with van der Waals surface area (Å²) in [5.41, 5.74) is 1.81. The number of aryl methyl sites for hydroxylation is 1. The van der Waals surface area contributed by atoms with Gasteiger partial charge in [0.15, 0.2) is 5.65 Å². The van der Waals surface area contributed by atoms with Gasteiger partial charge in [-0.3, -0.25) is 0 Å². The average Bonchev–Trinajstić information content (AvgIpc) is 3.31. The Balaban J connectivity index is 1.47. The summed E-state index contributed by atoms with van der Waals surface area (Å²) in [7, 11) is 0. The highest BCUT2D eigenvalue weighted by Gasteiger charge is 2.52. The molecule has 1 saturated carbocycles. The second-order valence-corrected chi connectivity index (χ2v) is 8.87. The molecule has 160 valence electrons. The Hall–Kier alpha value is -1.67. The van der Waals surface area contributed by atoms with Crippen LogP contribution in [-0.4, -0.2) is 40.0 Å². The van der Waals surface area contributed by atoms with E-state index in [0.29, 0.717) is 32.1 Å². The van der Waals surface area contributed by atoms with E-state index in [9.17, 15) is 13.2 Å². The van der Waals surface area contributed by atoms with Gasteiger partial charge in [0.2, 0.25) is 0 Å². The van der Waals surface area contributed by atoms with Crippen LogP contribution in [0.3, 0.4) is 0 Å². The Morgan fingerprint density at radius 1 is 1.24 bits per heavy atom. The van der Waals surface area contributed by atoms with Crippen LogP contribution in [0.1, 0.15) is 68.4 Å².